The Balaban J connectivity index is 2.44. The number of amides is 1. The van der Waals surface area contributed by atoms with Crippen LogP contribution in [-0.4, -0.2) is 10.9 Å². The number of nitrogens with one attached hydrogen (secondary N) is 2. The summed E-state index contributed by atoms with van der Waals surface area (Å²) < 4.78 is 0. The highest BCUT2D eigenvalue weighted by Crippen LogP contribution is 2.24. The second-order valence-corrected chi connectivity index (χ2v) is 5.30. The molecule has 0 aliphatic rings. The van der Waals surface area contributed by atoms with Crippen molar-refractivity contribution in [3.05, 3.63) is 40.2 Å². The van der Waals surface area contributed by atoms with Gasteiger partial charge >= 0.3 is 0 Å². The standard InChI is InChI=1S/C16H20N2O2/c1-4-5-15(19)17-11-6-7-12-13(10(2)3)9-16(20)18-14(12)8-11/h6-10H,4-5H2,1-3H3,(H,17,19)(H,18,20). The van der Waals surface area contributed by atoms with Crippen molar-refractivity contribution in [1.29, 1.82) is 0 Å². The minimum Gasteiger partial charge on any atom is -0.326 e. The van der Waals surface area contributed by atoms with E-state index in [9.17, 15) is 9.59 Å². The topological polar surface area (TPSA) is 62.0 Å². The Labute approximate surface area is 118 Å². The molecule has 0 atom stereocenters. The molecule has 0 unspecified atom stereocenters. The summed E-state index contributed by atoms with van der Waals surface area (Å²) in [5.41, 5.74) is 2.39. The van der Waals surface area contributed by atoms with Crippen LogP contribution in [0.4, 0.5) is 5.69 Å². The summed E-state index contributed by atoms with van der Waals surface area (Å²) in [6, 6.07) is 7.28. The fourth-order valence-electron chi connectivity index (χ4n) is 2.29. The maximum Gasteiger partial charge on any atom is 0.248 e. The molecule has 1 aromatic heterocycles. The third-order valence-electron chi connectivity index (χ3n) is 3.26. The van der Waals surface area contributed by atoms with E-state index in [2.05, 4.69) is 24.1 Å². The Morgan fingerprint density at radius 3 is 2.70 bits per heavy atom. The number of fused-ring (bicyclic) bond motifs is 1. The first-order valence-electron chi connectivity index (χ1n) is 6.98. The van der Waals surface area contributed by atoms with Crippen molar-refractivity contribution in [3.63, 3.8) is 0 Å². The first kappa shape index (κ1) is 14.3. The van der Waals surface area contributed by atoms with Crippen LogP contribution in [0.25, 0.3) is 10.9 Å². The van der Waals surface area contributed by atoms with Crippen molar-refractivity contribution in [3.8, 4) is 0 Å². The monoisotopic (exact) mass is 272 g/mol. The number of hydrogen-bond acceptors (Lipinski definition) is 2. The van der Waals surface area contributed by atoms with Gasteiger partial charge in [0.05, 0.1) is 5.52 Å². The Morgan fingerprint density at radius 1 is 1.30 bits per heavy atom. The molecule has 2 rings (SSSR count). The van der Waals surface area contributed by atoms with Crippen LogP contribution in [-0.2, 0) is 4.79 Å². The first-order valence-corrected chi connectivity index (χ1v) is 6.98. The normalized spacial score (nSPS) is 11.0. The SMILES string of the molecule is CCCC(=O)Nc1ccc2c(C(C)C)cc(=O)[nH]c2c1. The largest absolute Gasteiger partial charge is 0.326 e. The molecule has 0 saturated heterocycles. The predicted octanol–water partition coefficient (Wildman–Crippen LogP) is 3.39. The summed E-state index contributed by atoms with van der Waals surface area (Å²) >= 11 is 0. The van der Waals surface area contributed by atoms with Crippen LogP contribution in [0.2, 0.25) is 0 Å². The molecule has 1 heterocycles. The highest BCUT2D eigenvalue weighted by molar-refractivity contribution is 5.94. The number of carbonyl (C=O) groups excluding carboxylic acids is 1. The summed E-state index contributed by atoms with van der Waals surface area (Å²) in [6.07, 6.45) is 1.31. The number of aromatic nitrogens is 1. The van der Waals surface area contributed by atoms with Crippen LogP contribution < -0.4 is 10.9 Å². The molecular weight excluding hydrogens is 252 g/mol. The number of benzene rings is 1. The molecule has 0 spiro atoms. The van der Waals surface area contributed by atoms with Gasteiger partial charge in [-0.2, -0.15) is 0 Å². The predicted molar refractivity (Wildman–Crippen MR) is 82.2 cm³/mol. The molecule has 2 N–H and O–H groups in total. The van der Waals surface area contributed by atoms with E-state index < -0.39 is 0 Å². The molecule has 106 valence electrons. The van der Waals surface area contributed by atoms with E-state index in [0.717, 1.165) is 22.9 Å². The van der Waals surface area contributed by atoms with Gasteiger partial charge in [-0.25, -0.2) is 0 Å². The molecule has 0 radical (unpaired) electrons. The lowest BCUT2D eigenvalue weighted by atomic mass is 9.99. The van der Waals surface area contributed by atoms with E-state index in [4.69, 9.17) is 0 Å². The van der Waals surface area contributed by atoms with E-state index in [1.807, 2.05) is 25.1 Å². The van der Waals surface area contributed by atoms with Crippen LogP contribution >= 0.6 is 0 Å². The molecule has 4 nitrogen and oxygen atoms in total. The lowest BCUT2D eigenvalue weighted by molar-refractivity contribution is -0.116. The molecule has 0 saturated carbocycles. The maximum atomic E-state index is 11.7. The van der Waals surface area contributed by atoms with E-state index in [0.29, 0.717) is 12.1 Å². The third-order valence-corrected chi connectivity index (χ3v) is 3.26. The number of anilines is 1. The minimum absolute atomic E-state index is 0.00536. The smallest absolute Gasteiger partial charge is 0.248 e. The van der Waals surface area contributed by atoms with Crippen LogP contribution in [0.15, 0.2) is 29.1 Å². The fourth-order valence-corrected chi connectivity index (χ4v) is 2.29. The van der Waals surface area contributed by atoms with Crippen LogP contribution in [0.5, 0.6) is 0 Å². The Morgan fingerprint density at radius 2 is 2.05 bits per heavy atom. The Hall–Kier alpha value is -2.10. The zero-order valence-corrected chi connectivity index (χ0v) is 12.1. The summed E-state index contributed by atoms with van der Waals surface area (Å²) in [7, 11) is 0. The fraction of sp³-hybridized carbons (Fsp3) is 0.375. The number of aromatic amines is 1. The molecule has 2 aromatic rings. The lowest BCUT2D eigenvalue weighted by Crippen LogP contribution is -2.11. The quantitative estimate of drug-likeness (QED) is 0.896. The molecule has 20 heavy (non-hydrogen) atoms. The number of H-pyrrole nitrogens is 1. The minimum atomic E-state index is -0.113. The molecule has 0 bridgehead atoms. The van der Waals surface area contributed by atoms with Crippen molar-refractivity contribution < 1.29 is 4.79 Å². The molecule has 0 aliphatic heterocycles. The second-order valence-electron chi connectivity index (χ2n) is 5.30. The van der Waals surface area contributed by atoms with Gasteiger partial charge in [-0.05, 0) is 30.0 Å². The van der Waals surface area contributed by atoms with Crippen LogP contribution in [0, 0.1) is 0 Å². The first-order chi connectivity index (χ1) is 9.51. The molecule has 0 aliphatic carbocycles. The van der Waals surface area contributed by atoms with Crippen molar-refractivity contribution in [2.45, 2.75) is 39.5 Å². The molecule has 4 heteroatoms. The average molecular weight is 272 g/mol. The number of pyridine rings is 1. The molecular formula is C16H20N2O2. The van der Waals surface area contributed by atoms with Gasteiger partial charge in [0.2, 0.25) is 11.5 Å². The van der Waals surface area contributed by atoms with Gasteiger partial charge in [0, 0.05) is 23.6 Å². The molecule has 0 fully saturated rings. The third kappa shape index (κ3) is 3.07. The summed E-state index contributed by atoms with van der Waals surface area (Å²) in [6.45, 7) is 6.09. The number of carbonyl (C=O) groups is 1. The lowest BCUT2D eigenvalue weighted by Gasteiger charge is -2.11. The van der Waals surface area contributed by atoms with Crippen LogP contribution in [0.3, 0.4) is 0 Å². The van der Waals surface area contributed by atoms with Gasteiger partial charge in [0.1, 0.15) is 0 Å². The average Bonchev–Trinajstić information content (AvgIpc) is 2.37. The number of rotatable bonds is 4. The highest BCUT2D eigenvalue weighted by Gasteiger charge is 2.08. The Bertz CT molecular complexity index is 686. The Kier molecular flexibility index (Phi) is 4.23. The zero-order chi connectivity index (χ0) is 14.7. The van der Waals surface area contributed by atoms with Gasteiger partial charge in [0.15, 0.2) is 0 Å². The maximum absolute atomic E-state index is 11.7. The van der Waals surface area contributed by atoms with E-state index in [1.54, 1.807) is 6.07 Å². The summed E-state index contributed by atoms with van der Waals surface area (Å²) in [5, 5.41) is 3.86. The highest BCUT2D eigenvalue weighted by atomic mass is 16.1. The summed E-state index contributed by atoms with van der Waals surface area (Å²) in [4.78, 5) is 26.1. The number of hydrogen-bond donors (Lipinski definition) is 2. The van der Waals surface area contributed by atoms with E-state index in [-0.39, 0.29) is 17.4 Å². The van der Waals surface area contributed by atoms with Gasteiger partial charge in [-0.3, -0.25) is 9.59 Å². The van der Waals surface area contributed by atoms with Crippen LogP contribution in [0.1, 0.15) is 45.1 Å². The van der Waals surface area contributed by atoms with Crippen molar-refractivity contribution >= 4 is 22.5 Å². The summed E-state index contributed by atoms with van der Waals surface area (Å²) in [5.74, 6) is 0.273. The van der Waals surface area contributed by atoms with Gasteiger partial charge in [-0.1, -0.05) is 26.8 Å². The second kappa shape index (κ2) is 5.90. The van der Waals surface area contributed by atoms with Crippen molar-refractivity contribution in [2.24, 2.45) is 0 Å². The molecule has 1 amide bonds. The van der Waals surface area contributed by atoms with E-state index in [1.165, 1.54) is 0 Å². The van der Waals surface area contributed by atoms with Gasteiger partial charge < -0.3 is 10.3 Å². The molecule has 1 aromatic carbocycles. The van der Waals surface area contributed by atoms with Gasteiger partial charge in [0.25, 0.3) is 0 Å². The van der Waals surface area contributed by atoms with Gasteiger partial charge in [-0.15, -0.1) is 0 Å². The zero-order valence-electron chi connectivity index (χ0n) is 12.1. The van der Waals surface area contributed by atoms with Crippen molar-refractivity contribution in [2.75, 3.05) is 5.32 Å². The van der Waals surface area contributed by atoms with Crippen molar-refractivity contribution in [1.82, 2.24) is 4.98 Å². The van der Waals surface area contributed by atoms with E-state index >= 15 is 0 Å².